The monoisotopic (exact) mass is 540 g/mol. The minimum atomic E-state index is -1.05. The maximum absolute atomic E-state index is 13.7. The van der Waals surface area contributed by atoms with Crippen molar-refractivity contribution in [1.29, 1.82) is 0 Å². The zero-order valence-corrected chi connectivity index (χ0v) is 23.1. The number of hydrogen-bond acceptors (Lipinski definition) is 5. The van der Waals surface area contributed by atoms with E-state index in [0.29, 0.717) is 23.5 Å². The molecule has 6 nitrogen and oxygen atoms in total. The number of nitrogens with one attached hydrogen (secondary N) is 1. The third-order valence-corrected chi connectivity index (χ3v) is 7.14. The predicted octanol–water partition coefficient (Wildman–Crippen LogP) is 6.55. The van der Waals surface area contributed by atoms with Gasteiger partial charge in [0.25, 0.3) is 5.91 Å². The van der Waals surface area contributed by atoms with Crippen LogP contribution in [0.2, 0.25) is 0 Å². The van der Waals surface area contributed by atoms with Crippen molar-refractivity contribution in [3.8, 4) is 28.0 Å². The third-order valence-electron chi connectivity index (χ3n) is 6.50. The third kappa shape index (κ3) is 6.86. The number of aliphatic carboxylic acids is 1. The van der Waals surface area contributed by atoms with Gasteiger partial charge in [0.15, 0.2) is 0 Å². The first-order chi connectivity index (χ1) is 18.9. The quantitative estimate of drug-likeness (QED) is 0.224. The molecular weight excluding hydrogens is 508 g/mol. The molecule has 4 aromatic rings. The summed E-state index contributed by atoms with van der Waals surface area (Å²) in [6.07, 6.45) is 5.61. The summed E-state index contributed by atoms with van der Waals surface area (Å²) in [6.45, 7) is 4.30. The number of carbonyl (C=O) groups is 2. The lowest BCUT2D eigenvalue weighted by molar-refractivity contribution is -0.139. The Morgan fingerprint density at radius 2 is 1.82 bits per heavy atom. The Hall–Kier alpha value is -4.10. The molecule has 0 saturated heterocycles. The molecule has 1 atom stereocenters. The van der Waals surface area contributed by atoms with Gasteiger partial charge in [-0.2, -0.15) is 11.8 Å². The van der Waals surface area contributed by atoms with Gasteiger partial charge in [-0.25, -0.2) is 4.79 Å². The minimum Gasteiger partial charge on any atom is -0.487 e. The number of pyridine rings is 1. The second-order valence-electron chi connectivity index (χ2n) is 9.33. The zero-order chi connectivity index (χ0) is 27.8. The summed E-state index contributed by atoms with van der Waals surface area (Å²) in [4.78, 5) is 29.8. The molecule has 2 N–H and O–H groups in total. The molecule has 0 radical (unpaired) electrons. The molecule has 4 rings (SSSR count). The molecule has 39 heavy (non-hydrogen) atoms. The molecule has 0 saturated carbocycles. The highest BCUT2D eigenvalue weighted by Crippen LogP contribution is 2.40. The number of thioether (sulfide) groups is 1. The molecular formula is C32H32N2O4S. The molecule has 0 spiro atoms. The van der Waals surface area contributed by atoms with Crippen molar-refractivity contribution in [1.82, 2.24) is 10.3 Å². The molecule has 0 fully saturated rings. The molecule has 1 amide bonds. The average Bonchev–Trinajstić information content (AvgIpc) is 2.94. The van der Waals surface area contributed by atoms with E-state index in [1.54, 1.807) is 30.2 Å². The van der Waals surface area contributed by atoms with E-state index in [0.717, 1.165) is 38.9 Å². The number of ether oxygens (including phenoxy) is 1. The molecule has 0 bridgehead atoms. The second-order valence-corrected chi connectivity index (χ2v) is 10.3. The zero-order valence-electron chi connectivity index (χ0n) is 22.3. The van der Waals surface area contributed by atoms with E-state index in [-0.39, 0.29) is 6.61 Å². The SMILES string of the molecule is CSCCC(NC(=O)c1ccc(COc2cccnc2)c(-c2cccc(C)c2)c1-c1ccccc1C)C(=O)O. The summed E-state index contributed by atoms with van der Waals surface area (Å²) in [5, 5.41) is 12.5. The summed E-state index contributed by atoms with van der Waals surface area (Å²) in [5.41, 5.74) is 6.88. The largest absolute Gasteiger partial charge is 0.487 e. The fraction of sp³-hybridized carbons (Fsp3) is 0.219. The number of aromatic nitrogens is 1. The standard InChI is InChI=1S/C32H32N2O4S/c1-21-8-6-10-23(18-21)29-24(20-38-25-11-7-16-33-19-25)13-14-27(30(29)26-12-5-4-9-22(26)2)31(35)34-28(32(36)37)15-17-39-3/h4-14,16,18-19,28H,15,17,20H2,1-3H3,(H,34,35)(H,36,37). The molecule has 0 aliphatic rings. The Morgan fingerprint density at radius 1 is 1.00 bits per heavy atom. The summed E-state index contributed by atoms with van der Waals surface area (Å²) in [7, 11) is 0. The van der Waals surface area contributed by atoms with Crippen LogP contribution in [0, 0.1) is 13.8 Å². The number of carboxylic acid groups (broad SMARTS) is 1. The van der Waals surface area contributed by atoms with Gasteiger partial charge in [-0.3, -0.25) is 9.78 Å². The van der Waals surface area contributed by atoms with Crippen LogP contribution >= 0.6 is 11.8 Å². The van der Waals surface area contributed by atoms with Crippen LogP contribution in [0.1, 0.15) is 33.5 Å². The van der Waals surface area contributed by atoms with E-state index in [1.807, 2.05) is 80.8 Å². The normalized spacial score (nSPS) is 11.6. The van der Waals surface area contributed by atoms with Gasteiger partial charge in [-0.1, -0.05) is 60.2 Å². The van der Waals surface area contributed by atoms with E-state index in [9.17, 15) is 14.7 Å². The van der Waals surface area contributed by atoms with Gasteiger partial charge in [-0.05, 0) is 78.3 Å². The Labute approximate surface area is 233 Å². The molecule has 7 heteroatoms. The van der Waals surface area contributed by atoms with Crippen LogP contribution in [0.5, 0.6) is 5.75 Å². The molecule has 0 aliphatic heterocycles. The van der Waals surface area contributed by atoms with Gasteiger partial charge >= 0.3 is 5.97 Å². The van der Waals surface area contributed by atoms with E-state index in [4.69, 9.17) is 4.74 Å². The van der Waals surface area contributed by atoms with Gasteiger partial charge in [0.05, 0.1) is 6.20 Å². The molecule has 0 aliphatic carbocycles. The highest BCUT2D eigenvalue weighted by Gasteiger charge is 2.26. The molecule has 200 valence electrons. The predicted molar refractivity (Wildman–Crippen MR) is 157 cm³/mol. The number of carbonyl (C=O) groups excluding carboxylic acids is 1. The first-order valence-corrected chi connectivity index (χ1v) is 14.1. The number of aryl methyl sites for hydroxylation is 2. The Kier molecular flexibility index (Phi) is 9.39. The van der Waals surface area contributed by atoms with Crippen LogP contribution in [-0.2, 0) is 11.4 Å². The van der Waals surface area contributed by atoms with E-state index < -0.39 is 17.9 Å². The minimum absolute atomic E-state index is 0.265. The summed E-state index contributed by atoms with van der Waals surface area (Å²) in [5.74, 6) is -0.197. The van der Waals surface area contributed by atoms with Crippen molar-refractivity contribution in [3.63, 3.8) is 0 Å². The number of hydrogen-bond donors (Lipinski definition) is 2. The highest BCUT2D eigenvalue weighted by atomic mass is 32.2. The van der Waals surface area contributed by atoms with Crippen molar-refractivity contribution in [2.45, 2.75) is 32.9 Å². The molecule has 1 aromatic heterocycles. The van der Waals surface area contributed by atoms with Crippen molar-refractivity contribution in [2.24, 2.45) is 0 Å². The van der Waals surface area contributed by atoms with E-state index in [1.165, 1.54) is 0 Å². The van der Waals surface area contributed by atoms with Gasteiger partial charge in [0.2, 0.25) is 0 Å². The first-order valence-electron chi connectivity index (χ1n) is 12.7. The molecule has 1 unspecified atom stereocenters. The number of rotatable bonds is 11. The number of benzene rings is 3. The Morgan fingerprint density at radius 3 is 2.51 bits per heavy atom. The Balaban J connectivity index is 1.90. The van der Waals surface area contributed by atoms with Gasteiger partial charge in [0.1, 0.15) is 18.4 Å². The average molecular weight is 541 g/mol. The maximum Gasteiger partial charge on any atom is 0.326 e. The van der Waals surface area contributed by atoms with E-state index >= 15 is 0 Å². The second kappa shape index (κ2) is 13.1. The lowest BCUT2D eigenvalue weighted by Gasteiger charge is -2.22. The summed E-state index contributed by atoms with van der Waals surface area (Å²) < 4.78 is 6.10. The molecule has 1 heterocycles. The lowest BCUT2D eigenvalue weighted by Crippen LogP contribution is -2.41. The Bertz CT molecular complexity index is 1460. The van der Waals surface area contributed by atoms with Crippen LogP contribution in [0.3, 0.4) is 0 Å². The highest BCUT2D eigenvalue weighted by molar-refractivity contribution is 7.98. The number of amides is 1. The van der Waals surface area contributed by atoms with Gasteiger partial charge in [0, 0.05) is 17.3 Å². The van der Waals surface area contributed by atoms with Crippen LogP contribution in [0.4, 0.5) is 0 Å². The van der Waals surface area contributed by atoms with Crippen LogP contribution < -0.4 is 10.1 Å². The topological polar surface area (TPSA) is 88.5 Å². The summed E-state index contributed by atoms with van der Waals surface area (Å²) in [6, 6.07) is 22.4. The van der Waals surface area contributed by atoms with E-state index in [2.05, 4.69) is 16.4 Å². The lowest BCUT2D eigenvalue weighted by atomic mass is 9.85. The van der Waals surface area contributed by atoms with Crippen molar-refractivity contribution < 1.29 is 19.4 Å². The summed E-state index contributed by atoms with van der Waals surface area (Å²) >= 11 is 1.55. The fourth-order valence-electron chi connectivity index (χ4n) is 4.54. The van der Waals surface area contributed by atoms with Crippen LogP contribution in [0.15, 0.2) is 85.2 Å². The van der Waals surface area contributed by atoms with Crippen molar-refractivity contribution in [2.75, 3.05) is 12.0 Å². The number of nitrogens with zero attached hydrogens (tertiary/aromatic N) is 1. The van der Waals surface area contributed by atoms with Crippen molar-refractivity contribution in [3.05, 3.63) is 107 Å². The smallest absolute Gasteiger partial charge is 0.326 e. The van der Waals surface area contributed by atoms with Gasteiger partial charge in [-0.15, -0.1) is 0 Å². The van der Waals surface area contributed by atoms with Gasteiger partial charge < -0.3 is 15.2 Å². The maximum atomic E-state index is 13.7. The van der Waals surface area contributed by atoms with Crippen LogP contribution in [-0.4, -0.2) is 40.0 Å². The number of carboxylic acids is 1. The van der Waals surface area contributed by atoms with Crippen molar-refractivity contribution >= 4 is 23.6 Å². The fourth-order valence-corrected chi connectivity index (χ4v) is 5.01. The van der Waals surface area contributed by atoms with Crippen LogP contribution in [0.25, 0.3) is 22.3 Å². The molecule has 3 aromatic carbocycles. The first kappa shape index (κ1) is 27.9.